The van der Waals surface area contributed by atoms with Gasteiger partial charge >= 0.3 is 5.97 Å². The van der Waals surface area contributed by atoms with Crippen molar-refractivity contribution in [1.29, 1.82) is 0 Å². The highest BCUT2D eigenvalue weighted by Gasteiger charge is 2.41. The van der Waals surface area contributed by atoms with E-state index in [0.717, 1.165) is 39.3 Å². The van der Waals surface area contributed by atoms with Gasteiger partial charge in [-0.25, -0.2) is 0 Å². The number of fused-ring (bicyclic) bond motifs is 1. The first-order valence-corrected chi connectivity index (χ1v) is 9.31. The topological polar surface area (TPSA) is 76.7 Å². The van der Waals surface area contributed by atoms with E-state index >= 15 is 0 Å². The standard InChI is InChI=1S/C22H27N3O3/c1-13-7-8-16(11-17(13)12-26)19(22(4,5)21(27)28-6)18-9-10-25-15(3)23-24-20(25)14(18)2/h7-11,19,26H,12H2,1-6H3. The van der Waals surface area contributed by atoms with Gasteiger partial charge in [0.2, 0.25) is 0 Å². The fraction of sp³-hybridized carbons (Fsp3) is 0.409. The molecule has 148 valence electrons. The highest BCUT2D eigenvalue weighted by Crippen LogP contribution is 2.44. The third kappa shape index (κ3) is 3.18. The SMILES string of the molecule is COC(=O)C(C)(C)C(c1ccc(C)c(CO)c1)c1ccn2c(C)nnc2c1C. The Morgan fingerprint density at radius 3 is 2.57 bits per heavy atom. The van der Waals surface area contributed by atoms with Crippen LogP contribution in [0.4, 0.5) is 0 Å². The highest BCUT2D eigenvalue weighted by atomic mass is 16.5. The van der Waals surface area contributed by atoms with Crippen LogP contribution in [0.5, 0.6) is 0 Å². The number of aliphatic hydroxyl groups excluding tert-OH is 1. The maximum atomic E-state index is 12.7. The predicted octanol–water partition coefficient (Wildman–Crippen LogP) is 3.48. The molecule has 2 heterocycles. The van der Waals surface area contributed by atoms with Gasteiger partial charge in [0.25, 0.3) is 0 Å². The molecule has 0 bridgehead atoms. The number of hydrogen-bond acceptors (Lipinski definition) is 5. The molecule has 6 heteroatoms. The normalized spacial score (nSPS) is 13.0. The van der Waals surface area contributed by atoms with Gasteiger partial charge in [-0.1, -0.05) is 18.2 Å². The van der Waals surface area contributed by atoms with Crippen molar-refractivity contribution in [2.45, 2.75) is 47.1 Å². The fourth-order valence-electron chi connectivity index (χ4n) is 3.93. The number of aliphatic hydroxyl groups is 1. The number of benzene rings is 1. The fourth-order valence-corrected chi connectivity index (χ4v) is 3.93. The molecule has 2 aromatic heterocycles. The van der Waals surface area contributed by atoms with Crippen LogP contribution in [0.2, 0.25) is 0 Å². The van der Waals surface area contributed by atoms with Gasteiger partial charge in [-0.15, -0.1) is 10.2 Å². The van der Waals surface area contributed by atoms with Crippen LogP contribution < -0.4 is 0 Å². The monoisotopic (exact) mass is 381 g/mol. The molecule has 1 unspecified atom stereocenters. The lowest BCUT2D eigenvalue weighted by Gasteiger charge is -2.34. The molecule has 0 amide bonds. The van der Waals surface area contributed by atoms with Crippen LogP contribution in [0.3, 0.4) is 0 Å². The van der Waals surface area contributed by atoms with Crippen molar-refractivity contribution in [3.8, 4) is 0 Å². The van der Waals surface area contributed by atoms with Gasteiger partial charge in [0.05, 0.1) is 19.1 Å². The minimum atomic E-state index is -0.825. The summed E-state index contributed by atoms with van der Waals surface area (Å²) in [5, 5.41) is 18.2. The van der Waals surface area contributed by atoms with Crippen LogP contribution >= 0.6 is 0 Å². The number of aryl methyl sites for hydroxylation is 3. The first-order valence-electron chi connectivity index (χ1n) is 9.31. The molecular formula is C22H27N3O3. The molecule has 0 radical (unpaired) electrons. The molecule has 0 aliphatic rings. The van der Waals surface area contributed by atoms with E-state index < -0.39 is 5.41 Å². The van der Waals surface area contributed by atoms with E-state index in [1.165, 1.54) is 7.11 Å². The first-order chi connectivity index (χ1) is 13.2. The summed E-state index contributed by atoms with van der Waals surface area (Å²) in [6.45, 7) is 9.60. The molecule has 6 nitrogen and oxygen atoms in total. The second-order valence-corrected chi connectivity index (χ2v) is 7.83. The Hall–Kier alpha value is -2.73. The Morgan fingerprint density at radius 2 is 1.93 bits per heavy atom. The van der Waals surface area contributed by atoms with E-state index in [1.54, 1.807) is 0 Å². The van der Waals surface area contributed by atoms with Crippen LogP contribution in [-0.2, 0) is 16.1 Å². The number of carbonyl (C=O) groups excluding carboxylic acids is 1. The van der Waals surface area contributed by atoms with Gasteiger partial charge in [-0.3, -0.25) is 9.20 Å². The van der Waals surface area contributed by atoms with E-state index in [4.69, 9.17) is 4.74 Å². The van der Waals surface area contributed by atoms with Crippen LogP contribution in [-0.4, -0.2) is 32.8 Å². The van der Waals surface area contributed by atoms with E-state index in [2.05, 4.69) is 10.2 Å². The number of aromatic nitrogens is 3. The molecule has 1 atom stereocenters. The molecule has 0 fully saturated rings. The van der Waals surface area contributed by atoms with E-state index in [-0.39, 0.29) is 18.5 Å². The van der Waals surface area contributed by atoms with Gasteiger partial charge in [0.15, 0.2) is 5.65 Å². The quantitative estimate of drug-likeness (QED) is 0.685. The number of ether oxygens (including phenoxy) is 1. The van der Waals surface area contributed by atoms with Crippen molar-refractivity contribution in [2.24, 2.45) is 5.41 Å². The minimum Gasteiger partial charge on any atom is -0.469 e. The highest BCUT2D eigenvalue weighted by molar-refractivity contribution is 5.78. The van der Waals surface area contributed by atoms with Crippen LogP contribution in [0, 0.1) is 26.2 Å². The van der Waals surface area contributed by atoms with E-state index in [0.29, 0.717) is 0 Å². The number of esters is 1. The summed E-state index contributed by atoms with van der Waals surface area (Å²) in [6.07, 6.45) is 1.94. The molecule has 0 spiro atoms. The van der Waals surface area contributed by atoms with Crippen molar-refractivity contribution in [3.05, 3.63) is 64.1 Å². The van der Waals surface area contributed by atoms with Crippen molar-refractivity contribution in [2.75, 3.05) is 7.11 Å². The lowest BCUT2D eigenvalue weighted by Crippen LogP contribution is -2.34. The Bertz CT molecular complexity index is 1040. The van der Waals surface area contributed by atoms with Crippen LogP contribution in [0.25, 0.3) is 5.65 Å². The molecule has 1 aromatic carbocycles. The molecule has 3 aromatic rings. The Balaban J connectivity index is 2.28. The average molecular weight is 381 g/mol. The zero-order chi connectivity index (χ0) is 20.6. The van der Waals surface area contributed by atoms with Crippen LogP contribution in [0.1, 0.15) is 53.4 Å². The summed E-state index contributed by atoms with van der Waals surface area (Å²) in [7, 11) is 1.41. The molecule has 3 rings (SSSR count). The third-order valence-electron chi connectivity index (χ3n) is 5.66. The number of nitrogens with zero attached hydrogens (tertiary/aromatic N) is 3. The maximum absolute atomic E-state index is 12.7. The molecule has 0 saturated heterocycles. The lowest BCUT2D eigenvalue weighted by molar-refractivity contribution is -0.151. The number of pyridine rings is 1. The van der Waals surface area contributed by atoms with Gasteiger partial charge < -0.3 is 9.84 Å². The van der Waals surface area contributed by atoms with Gasteiger partial charge in [0, 0.05) is 12.1 Å². The van der Waals surface area contributed by atoms with Crippen molar-refractivity contribution in [1.82, 2.24) is 14.6 Å². The van der Waals surface area contributed by atoms with Crippen molar-refractivity contribution in [3.63, 3.8) is 0 Å². The Kier molecular flexibility index (Phi) is 5.26. The summed E-state index contributed by atoms with van der Waals surface area (Å²) < 4.78 is 7.07. The summed E-state index contributed by atoms with van der Waals surface area (Å²) in [5.41, 5.74) is 4.72. The molecule has 0 aliphatic carbocycles. The zero-order valence-corrected chi connectivity index (χ0v) is 17.3. The number of rotatable bonds is 5. The second-order valence-electron chi connectivity index (χ2n) is 7.83. The third-order valence-corrected chi connectivity index (χ3v) is 5.66. The molecule has 28 heavy (non-hydrogen) atoms. The van der Waals surface area contributed by atoms with Crippen molar-refractivity contribution < 1.29 is 14.6 Å². The summed E-state index contributed by atoms with van der Waals surface area (Å²) in [5.74, 6) is 0.250. The predicted molar refractivity (Wildman–Crippen MR) is 107 cm³/mol. The second kappa shape index (κ2) is 7.36. The smallest absolute Gasteiger partial charge is 0.312 e. The molecular weight excluding hydrogens is 354 g/mol. The van der Waals surface area contributed by atoms with E-state index in [1.807, 2.05) is 69.5 Å². The summed E-state index contributed by atoms with van der Waals surface area (Å²) in [4.78, 5) is 12.7. The van der Waals surface area contributed by atoms with E-state index in [9.17, 15) is 9.90 Å². The largest absolute Gasteiger partial charge is 0.469 e. The number of carbonyl (C=O) groups is 1. The van der Waals surface area contributed by atoms with Crippen molar-refractivity contribution >= 4 is 11.6 Å². The maximum Gasteiger partial charge on any atom is 0.312 e. The lowest BCUT2D eigenvalue weighted by atomic mass is 9.70. The average Bonchev–Trinajstić information content (AvgIpc) is 3.05. The van der Waals surface area contributed by atoms with Gasteiger partial charge in [-0.05, 0) is 68.5 Å². The zero-order valence-electron chi connectivity index (χ0n) is 17.3. The first kappa shape index (κ1) is 20.0. The number of hydrogen-bond donors (Lipinski definition) is 1. The summed E-state index contributed by atoms with van der Waals surface area (Å²) >= 11 is 0. The van der Waals surface area contributed by atoms with Crippen LogP contribution in [0.15, 0.2) is 30.5 Å². The van der Waals surface area contributed by atoms with Gasteiger partial charge in [0.1, 0.15) is 5.82 Å². The summed E-state index contributed by atoms with van der Waals surface area (Å²) in [6, 6.07) is 7.99. The molecule has 1 N–H and O–H groups in total. The Morgan fingerprint density at radius 1 is 1.21 bits per heavy atom. The van der Waals surface area contributed by atoms with Gasteiger partial charge in [-0.2, -0.15) is 0 Å². The minimum absolute atomic E-state index is 0.0492. The molecule has 0 saturated carbocycles. The number of methoxy groups -OCH3 is 1. The Labute approximate surface area is 165 Å². The molecule has 0 aliphatic heterocycles.